The van der Waals surface area contributed by atoms with Gasteiger partial charge in [0.15, 0.2) is 0 Å². The van der Waals surface area contributed by atoms with E-state index in [-0.39, 0.29) is 5.78 Å². The number of H-pyrrole nitrogens is 1. The Balaban J connectivity index is 2.22. The zero-order valence-electron chi connectivity index (χ0n) is 9.66. The Morgan fingerprint density at radius 3 is 2.89 bits per heavy atom. The number of ketones is 1. The second kappa shape index (κ2) is 4.26. The SMILES string of the molecule is Cc1ccsc1C(=O)c1c[nH]c2cccc(Cl)c12. The summed E-state index contributed by atoms with van der Waals surface area (Å²) < 4.78 is 0. The molecule has 2 nitrogen and oxygen atoms in total. The summed E-state index contributed by atoms with van der Waals surface area (Å²) in [5.41, 5.74) is 2.53. The van der Waals surface area contributed by atoms with Gasteiger partial charge in [-0.05, 0) is 36.1 Å². The second-order valence-electron chi connectivity index (χ2n) is 4.13. The molecule has 0 atom stereocenters. The van der Waals surface area contributed by atoms with Crippen LogP contribution >= 0.6 is 22.9 Å². The van der Waals surface area contributed by atoms with Crippen molar-refractivity contribution >= 4 is 39.6 Å². The van der Waals surface area contributed by atoms with E-state index in [2.05, 4.69) is 4.98 Å². The van der Waals surface area contributed by atoms with Crippen molar-refractivity contribution in [2.75, 3.05) is 0 Å². The summed E-state index contributed by atoms with van der Waals surface area (Å²) in [5.74, 6) is 0.0295. The number of carbonyl (C=O) groups excluding carboxylic acids is 1. The van der Waals surface area contributed by atoms with Crippen LogP contribution in [-0.4, -0.2) is 10.8 Å². The Hall–Kier alpha value is -1.58. The lowest BCUT2D eigenvalue weighted by molar-refractivity contribution is 0.104. The molecule has 0 bridgehead atoms. The Bertz CT molecular complexity index is 741. The summed E-state index contributed by atoms with van der Waals surface area (Å²) in [5, 5.41) is 3.34. The van der Waals surface area contributed by atoms with E-state index in [0.717, 1.165) is 21.3 Å². The Kier molecular flexibility index (Phi) is 2.73. The van der Waals surface area contributed by atoms with Crippen molar-refractivity contribution in [3.05, 3.63) is 56.9 Å². The summed E-state index contributed by atoms with van der Waals surface area (Å²) in [6.45, 7) is 1.94. The van der Waals surface area contributed by atoms with E-state index in [4.69, 9.17) is 11.6 Å². The van der Waals surface area contributed by atoms with Gasteiger partial charge >= 0.3 is 0 Å². The van der Waals surface area contributed by atoms with Gasteiger partial charge in [0, 0.05) is 17.1 Å². The van der Waals surface area contributed by atoms with E-state index in [1.165, 1.54) is 11.3 Å². The summed E-state index contributed by atoms with van der Waals surface area (Å²) in [6, 6.07) is 7.54. The van der Waals surface area contributed by atoms with Gasteiger partial charge in [-0.15, -0.1) is 11.3 Å². The molecule has 0 aliphatic carbocycles. The maximum absolute atomic E-state index is 12.5. The van der Waals surface area contributed by atoms with Crippen LogP contribution in [0.1, 0.15) is 20.8 Å². The third-order valence-corrected chi connectivity index (χ3v) is 4.30. The van der Waals surface area contributed by atoms with E-state index in [1.54, 1.807) is 12.3 Å². The fourth-order valence-corrected chi connectivity index (χ4v) is 3.20. The fraction of sp³-hybridized carbons (Fsp3) is 0.0714. The monoisotopic (exact) mass is 275 g/mol. The number of hydrogen-bond acceptors (Lipinski definition) is 2. The molecule has 0 amide bonds. The summed E-state index contributed by atoms with van der Waals surface area (Å²) >= 11 is 7.64. The zero-order valence-corrected chi connectivity index (χ0v) is 11.2. The minimum atomic E-state index is 0.0295. The first-order valence-corrected chi connectivity index (χ1v) is 6.78. The van der Waals surface area contributed by atoms with Gasteiger partial charge in [-0.2, -0.15) is 0 Å². The summed E-state index contributed by atoms with van der Waals surface area (Å²) in [6.07, 6.45) is 1.73. The van der Waals surface area contributed by atoms with Crippen molar-refractivity contribution in [1.82, 2.24) is 4.98 Å². The van der Waals surface area contributed by atoms with Crippen LogP contribution in [0.15, 0.2) is 35.8 Å². The van der Waals surface area contributed by atoms with Crippen LogP contribution in [0.2, 0.25) is 5.02 Å². The first kappa shape index (κ1) is 11.5. The molecule has 3 aromatic rings. The van der Waals surface area contributed by atoms with Gasteiger partial charge in [-0.1, -0.05) is 17.7 Å². The highest BCUT2D eigenvalue weighted by Crippen LogP contribution is 2.30. The molecule has 2 heterocycles. The van der Waals surface area contributed by atoms with Gasteiger partial charge in [0.25, 0.3) is 0 Å². The molecule has 0 aliphatic heterocycles. The van der Waals surface area contributed by atoms with Crippen LogP contribution in [0.25, 0.3) is 10.9 Å². The molecule has 4 heteroatoms. The highest BCUT2D eigenvalue weighted by atomic mass is 35.5. The molecule has 0 unspecified atom stereocenters. The molecule has 0 saturated carbocycles. The smallest absolute Gasteiger partial charge is 0.205 e. The number of fused-ring (bicyclic) bond motifs is 1. The lowest BCUT2D eigenvalue weighted by Crippen LogP contribution is -1.99. The first-order chi connectivity index (χ1) is 8.68. The highest BCUT2D eigenvalue weighted by Gasteiger charge is 2.18. The van der Waals surface area contributed by atoms with Crippen molar-refractivity contribution in [1.29, 1.82) is 0 Å². The van der Waals surface area contributed by atoms with Crippen molar-refractivity contribution in [3.8, 4) is 0 Å². The Labute approximate surface area is 113 Å². The Morgan fingerprint density at radius 2 is 2.17 bits per heavy atom. The zero-order chi connectivity index (χ0) is 12.7. The number of hydrogen-bond donors (Lipinski definition) is 1. The molecule has 0 radical (unpaired) electrons. The van der Waals surface area contributed by atoms with Gasteiger partial charge in [0.2, 0.25) is 5.78 Å². The van der Waals surface area contributed by atoms with E-state index < -0.39 is 0 Å². The molecular weight excluding hydrogens is 266 g/mol. The van der Waals surface area contributed by atoms with E-state index in [0.29, 0.717) is 10.6 Å². The standard InChI is InChI=1S/C14H10ClNOS/c1-8-5-6-18-14(8)13(17)9-7-16-11-4-2-3-10(15)12(9)11/h2-7,16H,1H3. The van der Waals surface area contributed by atoms with Crippen LogP contribution in [0, 0.1) is 6.92 Å². The fourth-order valence-electron chi connectivity index (χ4n) is 2.05. The van der Waals surface area contributed by atoms with Crippen LogP contribution in [0.3, 0.4) is 0 Å². The van der Waals surface area contributed by atoms with Gasteiger partial charge in [0.1, 0.15) is 0 Å². The van der Waals surface area contributed by atoms with Crippen molar-refractivity contribution in [3.63, 3.8) is 0 Å². The van der Waals surface area contributed by atoms with Gasteiger partial charge in [-0.3, -0.25) is 4.79 Å². The second-order valence-corrected chi connectivity index (χ2v) is 5.45. The quantitative estimate of drug-likeness (QED) is 0.690. The number of rotatable bonds is 2. The molecule has 3 rings (SSSR count). The van der Waals surface area contributed by atoms with Gasteiger partial charge < -0.3 is 4.98 Å². The van der Waals surface area contributed by atoms with Crippen molar-refractivity contribution < 1.29 is 4.79 Å². The van der Waals surface area contributed by atoms with Crippen molar-refractivity contribution in [2.24, 2.45) is 0 Å². The predicted molar refractivity (Wildman–Crippen MR) is 75.8 cm³/mol. The maximum Gasteiger partial charge on any atom is 0.205 e. The van der Waals surface area contributed by atoms with E-state index in [1.807, 2.05) is 30.5 Å². The van der Waals surface area contributed by atoms with Gasteiger partial charge in [-0.25, -0.2) is 0 Å². The number of aryl methyl sites for hydroxylation is 1. The third kappa shape index (κ3) is 1.67. The van der Waals surface area contributed by atoms with Crippen LogP contribution in [0.5, 0.6) is 0 Å². The van der Waals surface area contributed by atoms with Gasteiger partial charge in [0.05, 0.1) is 15.5 Å². The van der Waals surface area contributed by atoms with Crippen molar-refractivity contribution in [2.45, 2.75) is 6.92 Å². The summed E-state index contributed by atoms with van der Waals surface area (Å²) in [4.78, 5) is 16.4. The molecule has 90 valence electrons. The minimum Gasteiger partial charge on any atom is -0.360 e. The molecule has 1 aromatic carbocycles. The lowest BCUT2D eigenvalue weighted by atomic mass is 10.1. The normalized spacial score (nSPS) is 11.0. The number of carbonyl (C=O) groups is 1. The van der Waals surface area contributed by atoms with E-state index in [9.17, 15) is 4.79 Å². The molecule has 1 N–H and O–H groups in total. The summed E-state index contributed by atoms with van der Waals surface area (Å²) in [7, 11) is 0. The minimum absolute atomic E-state index is 0.0295. The van der Waals surface area contributed by atoms with Crippen LogP contribution in [-0.2, 0) is 0 Å². The number of halogens is 1. The Morgan fingerprint density at radius 1 is 1.33 bits per heavy atom. The molecule has 0 fully saturated rings. The number of aromatic nitrogens is 1. The number of aromatic amines is 1. The maximum atomic E-state index is 12.5. The van der Waals surface area contributed by atoms with E-state index >= 15 is 0 Å². The molecular formula is C14H10ClNOS. The molecule has 0 spiro atoms. The number of nitrogens with one attached hydrogen (secondary N) is 1. The first-order valence-electron chi connectivity index (χ1n) is 5.53. The lowest BCUT2D eigenvalue weighted by Gasteiger charge is -2.00. The number of thiophene rings is 1. The predicted octanol–water partition coefficient (Wildman–Crippen LogP) is 4.42. The molecule has 2 aromatic heterocycles. The molecule has 0 aliphatic rings. The van der Waals surface area contributed by atoms with Crippen LogP contribution < -0.4 is 0 Å². The largest absolute Gasteiger partial charge is 0.360 e. The van der Waals surface area contributed by atoms with Crippen LogP contribution in [0.4, 0.5) is 0 Å². The topological polar surface area (TPSA) is 32.9 Å². The average molecular weight is 276 g/mol. The highest BCUT2D eigenvalue weighted by molar-refractivity contribution is 7.12. The molecule has 0 saturated heterocycles. The molecule has 18 heavy (non-hydrogen) atoms. The average Bonchev–Trinajstić information content (AvgIpc) is 2.95. The number of benzene rings is 1. The third-order valence-electron chi connectivity index (χ3n) is 2.97.